The molecule has 4 heteroatoms. The van der Waals surface area contributed by atoms with Crippen LogP contribution in [0.15, 0.2) is 41.8 Å². The molecule has 1 aliphatic rings. The van der Waals surface area contributed by atoms with E-state index in [2.05, 4.69) is 23.6 Å². The van der Waals surface area contributed by atoms with Gasteiger partial charge in [0, 0.05) is 25.2 Å². The van der Waals surface area contributed by atoms with Crippen LogP contribution in [-0.2, 0) is 19.5 Å². The highest BCUT2D eigenvalue weighted by Gasteiger charge is 2.16. The summed E-state index contributed by atoms with van der Waals surface area (Å²) in [7, 11) is 0. The molecule has 0 spiro atoms. The highest BCUT2D eigenvalue weighted by molar-refractivity contribution is 5.24. The van der Waals surface area contributed by atoms with Gasteiger partial charge >= 0.3 is 0 Å². The first-order valence-electron chi connectivity index (χ1n) is 5.71. The third-order valence-electron chi connectivity index (χ3n) is 2.93. The van der Waals surface area contributed by atoms with Crippen molar-refractivity contribution in [1.82, 2.24) is 15.1 Å². The van der Waals surface area contributed by atoms with Crippen LogP contribution in [-0.4, -0.2) is 16.3 Å². The van der Waals surface area contributed by atoms with Crippen molar-refractivity contribution >= 4 is 0 Å². The Labute approximate surface area is 100 Å². The highest BCUT2D eigenvalue weighted by Crippen LogP contribution is 2.08. The number of H-pyrrole nitrogens is 1. The number of aromatic nitrogens is 2. The summed E-state index contributed by atoms with van der Waals surface area (Å²) < 4.78 is 1.63. The van der Waals surface area contributed by atoms with Gasteiger partial charge in [-0.2, -0.15) is 0 Å². The van der Waals surface area contributed by atoms with Crippen LogP contribution in [0, 0.1) is 0 Å². The Bertz CT molecular complexity index is 519. The molecule has 1 aromatic rings. The molecule has 0 bridgehead atoms. The van der Waals surface area contributed by atoms with E-state index in [9.17, 15) is 4.79 Å². The summed E-state index contributed by atoms with van der Waals surface area (Å²) in [6.07, 6.45) is 6.18. The summed E-state index contributed by atoms with van der Waals surface area (Å²) in [5.41, 5.74) is 2.94. The molecule has 0 saturated carbocycles. The van der Waals surface area contributed by atoms with Crippen LogP contribution in [0.2, 0.25) is 0 Å². The van der Waals surface area contributed by atoms with Crippen LogP contribution in [0.4, 0.5) is 0 Å². The Morgan fingerprint density at radius 1 is 1.47 bits per heavy atom. The van der Waals surface area contributed by atoms with Crippen LogP contribution in [0.5, 0.6) is 0 Å². The van der Waals surface area contributed by atoms with Gasteiger partial charge in [0.2, 0.25) is 0 Å². The molecule has 17 heavy (non-hydrogen) atoms. The van der Waals surface area contributed by atoms with E-state index in [0.29, 0.717) is 13.1 Å². The zero-order chi connectivity index (χ0) is 12.3. The highest BCUT2D eigenvalue weighted by atomic mass is 16.1. The molecule has 0 unspecified atom stereocenters. The second-order valence-corrected chi connectivity index (χ2v) is 4.07. The van der Waals surface area contributed by atoms with E-state index in [4.69, 9.17) is 0 Å². The van der Waals surface area contributed by atoms with Crippen molar-refractivity contribution in [2.75, 3.05) is 6.54 Å². The van der Waals surface area contributed by atoms with E-state index >= 15 is 0 Å². The molecular weight excluding hydrogens is 214 g/mol. The third kappa shape index (κ3) is 2.31. The average molecular weight is 231 g/mol. The van der Waals surface area contributed by atoms with Gasteiger partial charge in [0.15, 0.2) is 0 Å². The number of nitrogens with zero attached hydrogens (tertiary/aromatic N) is 1. The number of nitrogens with one attached hydrogen (secondary N) is 2. The predicted molar refractivity (Wildman–Crippen MR) is 68.9 cm³/mol. The van der Waals surface area contributed by atoms with Gasteiger partial charge in [-0.15, -0.1) is 0 Å². The zero-order valence-corrected chi connectivity index (χ0v) is 9.83. The first kappa shape index (κ1) is 11.7. The lowest BCUT2D eigenvalue weighted by Gasteiger charge is -2.09. The lowest BCUT2D eigenvalue weighted by molar-refractivity contribution is 0.625. The van der Waals surface area contributed by atoms with Gasteiger partial charge in [0.05, 0.1) is 12.1 Å². The summed E-state index contributed by atoms with van der Waals surface area (Å²) in [4.78, 5) is 12.1. The van der Waals surface area contributed by atoms with E-state index < -0.39 is 0 Å². The second kappa shape index (κ2) is 5.01. The minimum Gasteiger partial charge on any atom is -0.312 e. The topological polar surface area (TPSA) is 49.8 Å². The van der Waals surface area contributed by atoms with Crippen LogP contribution in [0.3, 0.4) is 0 Å². The zero-order valence-electron chi connectivity index (χ0n) is 9.83. The Morgan fingerprint density at radius 3 is 2.94 bits per heavy atom. The van der Waals surface area contributed by atoms with Gasteiger partial charge in [-0.05, 0) is 5.57 Å². The van der Waals surface area contributed by atoms with Gasteiger partial charge < -0.3 is 5.32 Å². The van der Waals surface area contributed by atoms with E-state index in [0.717, 1.165) is 29.8 Å². The van der Waals surface area contributed by atoms with Gasteiger partial charge in [-0.1, -0.05) is 31.4 Å². The summed E-state index contributed by atoms with van der Waals surface area (Å²) in [6.45, 7) is 9.47. The Balaban J connectivity index is 2.31. The van der Waals surface area contributed by atoms with Crippen molar-refractivity contribution in [3.8, 4) is 0 Å². The molecule has 1 aromatic heterocycles. The summed E-state index contributed by atoms with van der Waals surface area (Å²) in [6, 6.07) is 0. The molecule has 2 N–H and O–H groups in total. The van der Waals surface area contributed by atoms with Gasteiger partial charge in [-0.3, -0.25) is 9.89 Å². The molecule has 1 aliphatic heterocycles. The lowest BCUT2D eigenvalue weighted by Crippen LogP contribution is -2.27. The van der Waals surface area contributed by atoms with Crippen molar-refractivity contribution in [3.63, 3.8) is 0 Å². The van der Waals surface area contributed by atoms with E-state index in [1.807, 2.05) is 6.08 Å². The Morgan fingerprint density at radius 2 is 2.29 bits per heavy atom. The van der Waals surface area contributed by atoms with Gasteiger partial charge in [0.25, 0.3) is 5.56 Å². The first-order chi connectivity index (χ1) is 8.26. The van der Waals surface area contributed by atoms with Crippen molar-refractivity contribution < 1.29 is 0 Å². The summed E-state index contributed by atoms with van der Waals surface area (Å²) in [5.74, 6) is 0. The predicted octanol–water partition coefficient (Wildman–Crippen LogP) is 1.12. The van der Waals surface area contributed by atoms with Crippen LogP contribution >= 0.6 is 0 Å². The van der Waals surface area contributed by atoms with Crippen molar-refractivity contribution in [2.24, 2.45) is 0 Å². The average Bonchev–Trinajstić information content (AvgIpc) is 2.66. The molecule has 0 aromatic carbocycles. The van der Waals surface area contributed by atoms with Crippen LogP contribution in [0.25, 0.3) is 0 Å². The minimum absolute atomic E-state index is 0.0593. The van der Waals surface area contributed by atoms with Gasteiger partial charge in [-0.25, -0.2) is 4.68 Å². The Kier molecular flexibility index (Phi) is 3.44. The molecule has 2 heterocycles. The molecule has 0 aliphatic carbocycles. The fourth-order valence-corrected chi connectivity index (χ4v) is 2.02. The summed E-state index contributed by atoms with van der Waals surface area (Å²) >= 11 is 0. The van der Waals surface area contributed by atoms with Crippen LogP contribution in [0.1, 0.15) is 11.3 Å². The number of hydrogen-bond donors (Lipinski definition) is 2. The number of allylic oxidation sites excluding steroid dienone is 4. The van der Waals surface area contributed by atoms with Crippen molar-refractivity contribution in [3.05, 3.63) is 58.6 Å². The SMILES string of the molecule is C=C/C=C(\C=C)Cn1[nH]c2c(c1=O)CNCC2. The quantitative estimate of drug-likeness (QED) is 0.763. The number of aromatic amines is 1. The molecule has 90 valence electrons. The maximum absolute atomic E-state index is 12.1. The largest absolute Gasteiger partial charge is 0.312 e. The molecule has 2 rings (SSSR count). The monoisotopic (exact) mass is 231 g/mol. The summed E-state index contributed by atoms with van der Waals surface area (Å²) in [5, 5.41) is 6.37. The Hall–Kier alpha value is -1.81. The van der Waals surface area contributed by atoms with E-state index in [-0.39, 0.29) is 5.56 Å². The maximum atomic E-state index is 12.1. The molecule has 0 atom stereocenters. The maximum Gasteiger partial charge on any atom is 0.271 e. The smallest absolute Gasteiger partial charge is 0.271 e. The molecule has 0 saturated heterocycles. The first-order valence-corrected chi connectivity index (χ1v) is 5.71. The van der Waals surface area contributed by atoms with Gasteiger partial charge in [0.1, 0.15) is 0 Å². The molecule has 0 fully saturated rings. The minimum atomic E-state index is 0.0593. The number of fused-ring (bicyclic) bond motifs is 1. The van der Waals surface area contributed by atoms with E-state index in [1.54, 1.807) is 16.8 Å². The number of rotatable bonds is 4. The van der Waals surface area contributed by atoms with E-state index in [1.165, 1.54) is 0 Å². The van der Waals surface area contributed by atoms with Crippen molar-refractivity contribution in [1.29, 1.82) is 0 Å². The van der Waals surface area contributed by atoms with Crippen LogP contribution < -0.4 is 10.9 Å². The van der Waals surface area contributed by atoms with Crippen molar-refractivity contribution in [2.45, 2.75) is 19.5 Å². The molecular formula is C13H17N3O. The molecule has 4 nitrogen and oxygen atoms in total. The normalized spacial score (nSPS) is 15.4. The standard InChI is InChI=1S/C13H17N3O/c1-3-5-10(4-2)9-16-13(17)11-8-14-7-6-12(11)15-16/h3-5,14-15H,1-2,6-9H2/b10-5+. The second-order valence-electron chi connectivity index (χ2n) is 4.07. The fourth-order valence-electron chi connectivity index (χ4n) is 2.02. The molecule has 0 amide bonds. The molecule has 0 radical (unpaired) electrons. The fraction of sp³-hybridized carbons (Fsp3) is 0.308. The number of hydrogen-bond acceptors (Lipinski definition) is 2. The third-order valence-corrected chi connectivity index (χ3v) is 2.93. The lowest BCUT2D eigenvalue weighted by atomic mass is 10.1.